The third-order valence-electron chi connectivity index (χ3n) is 6.47. The number of hydrogen-bond donors (Lipinski definition) is 1. The van der Waals surface area contributed by atoms with Gasteiger partial charge in [-0.05, 0) is 44.2 Å². The third-order valence-corrected chi connectivity index (χ3v) is 7.71. The molecule has 3 aromatic heterocycles. The van der Waals surface area contributed by atoms with Gasteiger partial charge in [-0.3, -0.25) is 14.3 Å². The number of carboxylic acids is 1. The van der Waals surface area contributed by atoms with Gasteiger partial charge >= 0.3 is 12.1 Å². The highest BCUT2D eigenvalue weighted by molar-refractivity contribution is 7.18. The van der Waals surface area contributed by atoms with Gasteiger partial charge in [-0.1, -0.05) is 11.6 Å². The Morgan fingerprint density at radius 3 is 2.57 bits per heavy atom. The number of aryl methyl sites for hydroxylation is 2. The van der Waals surface area contributed by atoms with E-state index in [9.17, 15) is 37.5 Å². The molecule has 214 valence electrons. The standard InChI is InChI=1S/C28H17ClF4N4O4S/c1-12-7-17(25-23(35-12)18(11-42-25)27(39)40)16-9-15(29)3-4-20(16)41-6-5-37-13(2)36-24-21(26(37)38)14(10-34)8-19(22(24)30)28(31,32)33/h3-4,7-9,11H,5-6H2,1-2H3,(H,39,40). The summed E-state index contributed by atoms with van der Waals surface area (Å²) in [6.07, 6.45) is -5.09. The number of benzene rings is 2. The Bertz CT molecular complexity index is 2030. The fourth-order valence-electron chi connectivity index (χ4n) is 4.60. The van der Waals surface area contributed by atoms with E-state index in [1.807, 2.05) is 0 Å². The largest absolute Gasteiger partial charge is 0.491 e. The Balaban J connectivity index is 1.53. The van der Waals surface area contributed by atoms with E-state index in [1.165, 1.54) is 29.7 Å². The summed E-state index contributed by atoms with van der Waals surface area (Å²) in [6, 6.07) is 8.41. The number of rotatable bonds is 6. The summed E-state index contributed by atoms with van der Waals surface area (Å²) in [5, 5.41) is 20.3. The van der Waals surface area contributed by atoms with Crippen molar-refractivity contribution >= 4 is 50.0 Å². The predicted molar refractivity (Wildman–Crippen MR) is 148 cm³/mol. The summed E-state index contributed by atoms with van der Waals surface area (Å²) in [5.74, 6) is -2.59. The van der Waals surface area contributed by atoms with Gasteiger partial charge in [0.15, 0.2) is 5.82 Å². The van der Waals surface area contributed by atoms with Crippen LogP contribution in [0.4, 0.5) is 17.6 Å². The lowest BCUT2D eigenvalue weighted by atomic mass is 10.0. The van der Waals surface area contributed by atoms with E-state index >= 15 is 0 Å². The number of alkyl halides is 3. The van der Waals surface area contributed by atoms with Gasteiger partial charge in [0.2, 0.25) is 0 Å². The Hall–Kier alpha value is -4.54. The Kier molecular flexibility index (Phi) is 7.38. The smallest absolute Gasteiger partial charge is 0.419 e. The van der Waals surface area contributed by atoms with Crippen LogP contribution >= 0.6 is 22.9 Å². The molecule has 0 amide bonds. The lowest BCUT2D eigenvalue weighted by Gasteiger charge is -2.16. The zero-order valence-corrected chi connectivity index (χ0v) is 23.2. The van der Waals surface area contributed by atoms with Gasteiger partial charge in [0, 0.05) is 27.2 Å². The minimum absolute atomic E-state index is 0.0543. The normalized spacial score (nSPS) is 11.7. The van der Waals surface area contributed by atoms with Crippen molar-refractivity contribution in [2.45, 2.75) is 26.6 Å². The molecule has 8 nitrogen and oxygen atoms in total. The molecule has 14 heteroatoms. The average Bonchev–Trinajstić information content (AvgIpc) is 3.34. The first-order valence-corrected chi connectivity index (χ1v) is 13.3. The van der Waals surface area contributed by atoms with Crippen LogP contribution in [0.5, 0.6) is 5.75 Å². The highest BCUT2D eigenvalue weighted by atomic mass is 35.5. The fraction of sp³-hybridized carbons (Fsp3) is 0.179. The van der Waals surface area contributed by atoms with Crippen LogP contribution in [-0.2, 0) is 12.7 Å². The zero-order valence-electron chi connectivity index (χ0n) is 21.6. The summed E-state index contributed by atoms with van der Waals surface area (Å²) >= 11 is 7.47. The van der Waals surface area contributed by atoms with Crippen LogP contribution in [0.2, 0.25) is 5.02 Å². The molecule has 0 saturated carbocycles. The van der Waals surface area contributed by atoms with E-state index in [0.717, 1.165) is 4.57 Å². The molecule has 0 atom stereocenters. The van der Waals surface area contributed by atoms with Crippen molar-refractivity contribution in [2.75, 3.05) is 6.61 Å². The van der Waals surface area contributed by atoms with Crippen molar-refractivity contribution in [3.63, 3.8) is 0 Å². The van der Waals surface area contributed by atoms with E-state index < -0.39 is 45.6 Å². The number of carbonyl (C=O) groups is 1. The molecule has 0 fully saturated rings. The minimum Gasteiger partial charge on any atom is -0.491 e. The number of ether oxygens (including phenoxy) is 1. The second-order valence-corrected chi connectivity index (χ2v) is 10.5. The molecule has 5 aromatic rings. The number of carboxylic acid groups (broad SMARTS) is 1. The maximum Gasteiger partial charge on any atom is 0.419 e. The quantitative estimate of drug-likeness (QED) is 0.210. The first kappa shape index (κ1) is 29.0. The number of pyridine rings is 1. The van der Waals surface area contributed by atoms with E-state index in [1.54, 1.807) is 31.2 Å². The van der Waals surface area contributed by atoms with Crippen LogP contribution in [0.1, 0.15) is 33.0 Å². The van der Waals surface area contributed by atoms with Gasteiger partial charge in [-0.2, -0.15) is 18.4 Å². The summed E-state index contributed by atoms with van der Waals surface area (Å²) in [7, 11) is 0. The van der Waals surface area contributed by atoms with E-state index in [0.29, 0.717) is 43.9 Å². The number of halogens is 5. The molecule has 0 aliphatic heterocycles. The third kappa shape index (κ3) is 5.03. The van der Waals surface area contributed by atoms with Gasteiger partial charge in [0.05, 0.1) is 38.8 Å². The Morgan fingerprint density at radius 1 is 1.17 bits per heavy atom. The molecule has 0 saturated heterocycles. The van der Waals surface area contributed by atoms with Crippen LogP contribution in [0.3, 0.4) is 0 Å². The molecular weight excluding hydrogens is 600 g/mol. The zero-order chi connectivity index (χ0) is 30.5. The first-order chi connectivity index (χ1) is 19.8. The van der Waals surface area contributed by atoms with Crippen LogP contribution in [0.25, 0.3) is 32.2 Å². The number of nitriles is 1. The molecule has 0 bridgehead atoms. The molecule has 0 aliphatic carbocycles. The number of aromatic carboxylic acids is 1. The monoisotopic (exact) mass is 616 g/mol. The van der Waals surface area contributed by atoms with Gasteiger partial charge in [-0.25, -0.2) is 14.2 Å². The van der Waals surface area contributed by atoms with Gasteiger partial charge < -0.3 is 9.84 Å². The Labute approximate surface area is 243 Å². The summed E-state index contributed by atoms with van der Waals surface area (Å²) < 4.78 is 62.4. The second kappa shape index (κ2) is 10.7. The van der Waals surface area contributed by atoms with Crippen LogP contribution in [0.15, 0.2) is 40.5 Å². The number of fused-ring (bicyclic) bond motifs is 2. The van der Waals surface area contributed by atoms with E-state index in [4.69, 9.17) is 16.3 Å². The van der Waals surface area contributed by atoms with Crippen molar-refractivity contribution in [3.05, 3.63) is 85.1 Å². The first-order valence-electron chi connectivity index (χ1n) is 12.1. The van der Waals surface area contributed by atoms with Crippen LogP contribution in [0, 0.1) is 31.0 Å². The molecule has 42 heavy (non-hydrogen) atoms. The number of aromatic nitrogens is 3. The average molecular weight is 617 g/mol. The predicted octanol–water partition coefficient (Wildman–Crippen LogP) is 6.75. The van der Waals surface area contributed by atoms with E-state index in [2.05, 4.69) is 9.97 Å². The van der Waals surface area contributed by atoms with Gasteiger partial charge in [-0.15, -0.1) is 11.3 Å². The topological polar surface area (TPSA) is 118 Å². The lowest BCUT2D eigenvalue weighted by molar-refractivity contribution is -0.139. The number of hydrogen-bond acceptors (Lipinski definition) is 7. The second-order valence-electron chi connectivity index (χ2n) is 9.17. The van der Waals surface area contributed by atoms with Crippen molar-refractivity contribution in [1.82, 2.24) is 14.5 Å². The summed E-state index contributed by atoms with van der Waals surface area (Å²) in [5.41, 5.74) is -1.99. The summed E-state index contributed by atoms with van der Waals surface area (Å²) in [6.45, 7) is 2.77. The molecule has 0 unspecified atom stereocenters. The SMILES string of the molecule is Cc1cc(-c2cc(Cl)ccc2OCCn2c(C)nc3c(F)c(C(F)(F)F)cc(C#N)c3c2=O)c2scc(C(=O)O)c2n1. The molecule has 3 heterocycles. The van der Waals surface area contributed by atoms with Gasteiger partial charge in [0.25, 0.3) is 5.56 Å². The van der Waals surface area contributed by atoms with Crippen molar-refractivity contribution in [1.29, 1.82) is 5.26 Å². The van der Waals surface area contributed by atoms with Crippen LogP contribution < -0.4 is 10.3 Å². The molecule has 0 aliphatic rings. The highest BCUT2D eigenvalue weighted by Gasteiger charge is 2.37. The molecule has 2 aromatic carbocycles. The van der Waals surface area contributed by atoms with E-state index in [-0.39, 0.29) is 24.5 Å². The maximum absolute atomic E-state index is 14.8. The number of nitrogens with zero attached hydrogens (tertiary/aromatic N) is 4. The molecule has 5 rings (SSSR count). The molecule has 1 N–H and O–H groups in total. The Morgan fingerprint density at radius 2 is 1.90 bits per heavy atom. The maximum atomic E-state index is 14.8. The minimum atomic E-state index is -5.09. The lowest BCUT2D eigenvalue weighted by Crippen LogP contribution is -2.28. The van der Waals surface area contributed by atoms with Gasteiger partial charge in [0.1, 0.15) is 29.8 Å². The molecular formula is C28H17ClF4N4O4S. The summed E-state index contributed by atoms with van der Waals surface area (Å²) in [4.78, 5) is 33.2. The fourth-order valence-corrected chi connectivity index (χ4v) is 5.79. The molecule has 0 spiro atoms. The highest BCUT2D eigenvalue weighted by Crippen LogP contribution is 2.40. The van der Waals surface area contributed by atoms with Crippen molar-refractivity contribution in [3.8, 4) is 22.9 Å². The number of thiophene rings is 1. The van der Waals surface area contributed by atoms with Crippen molar-refractivity contribution in [2.24, 2.45) is 0 Å². The van der Waals surface area contributed by atoms with Crippen LogP contribution in [-0.4, -0.2) is 32.2 Å². The molecule has 0 radical (unpaired) electrons. The van der Waals surface area contributed by atoms with Crippen molar-refractivity contribution < 1.29 is 32.2 Å².